The number of aliphatic hydroxyl groups excluding tert-OH is 1. The van der Waals surface area contributed by atoms with Gasteiger partial charge in [-0.05, 0) is 41.1 Å². The number of anilines is 3. The van der Waals surface area contributed by atoms with Crippen LogP contribution in [0.3, 0.4) is 0 Å². The number of nitrogens with zero attached hydrogens (tertiary/aromatic N) is 6. The lowest BCUT2D eigenvalue weighted by molar-refractivity contribution is 0.434. The van der Waals surface area contributed by atoms with Crippen molar-refractivity contribution in [2.45, 2.75) is 0 Å². The van der Waals surface area contributed by atoms with Crippen LogP contribution >= 0.6 is 0 Å². The van der Waals surface area contributed by atoms with E-state index in [2.05, 4.69) is 49.4 Å². The van der Waals surface area contributed by atoms with Crippen molar-refractivity contribution in [2.75, 3.05) is 56.2 Å². The molecule has 9 rings (SSSR count). The third-order valence-corrected chi connectivity index (χ3v) is 10.6. The van der Waals surface area contributed by atoms with Gasteiger partial charge in [0.25, 0.3) is 5.70 Å². The van der Waals surface area contributed by atoms with Crippen LogP contribution in [0.2, 0.25) is 0 Å². The van der Waals surface area contributed by atoms with Crippen LogP contribution < -0.4 is 29.9 Å². The standard InChI is InChI=1S/C41H30N6O3/c1-43-25(18-42)33-37(30-21-10-6-7-11-22(21)39-31-23(30)12-8-14-26(31)44(2)19-46(39)4)41(50)38(33)36-32-24(13-9-15-28(32)48)40-34-27(45(3)20-47(40)5)16-17-29(49)35(34)36/h6-17H,19-20H2,2-5H3,(H2-,48,49,50)/p+1/b33-25+. The Kier molecular flexibility index (Phi) is 5.97. The van der Waals surface area contributed by atoms with Crippen LogP contribution in [0, 0.1) is 17.9 Å². The maximum atomic E-state index is 12.5. The molecule has 3 N–H and O–H groups in total. The molecule has 6 aromatic rings. The molecule has 3 aliphatic rings. The predicted molar refractivity (Wildman–Crippen MR) is 200 cm³/mol. The number of aliphatic hydroxyl groups is 1. The Morgan fingerprint density at radius 3 is 2.18 bits per heavy atom. The number of phenols is 2. The number of benzene rings is 6. The fourth-order valence-electron chi connectivity index (χ4n) is 8.68. The van der Waals surface area contributed by atoms with Gasteiger partial charge >= 0.3 is 0 Å². The van der Waals surface area contributed by atoms with Gasteiger partial charge in [0, 0.05) is 75.9 Å². The number of hydrogen-bond donors (Lipinski definition) is 3. The topological polar surface area (TPSA) is 102 Å². The second-order valence-electron chi connectivity index (χ2n) is 13.4. The number of fused-ring (bicyclic) bond motifs is 4. The molecule has 0 aromatic heterocycles. The van der Waals surface area contributed by atoms with Gasteiger partial charge in [-0.25, -0.2) is 14.7 Å². The lowest BCUT2D eigenvalue weighted by Crippen LogP contribution is -2.42. The lowest BCUT2D eigenvalue weighted by Gasteiger charge is -2.38. The zero-order valence-corrected chi connectivity index (χ0v) is 27.9. The summed E-state index contributed by atoms with van der Waals surface area (Å²) in [4.78, 5) is 10.0. The highest BCUT2D eigenvalue weighted by molar-refractivity contribution is 6.30. The molecule has 6 aromatic carbocycles. The number of aromatic hydroxyl groups is 2. The Balaban J connectivity index is 1.57. The summed E-state index contributed by atoms with van der Waals surface area (Å²) in [6.45, 7) is 9.43. The monoisotopic (exact) mass is 655 g/mol. The first-order valence-electron chi connectivity index (χ1n) is 16.3. The number of nitriles is 1. The summed E-state index contributed by atoms with van der Waals surface area (Å²) in [5.41, 5.74) is 3.85. The molecule has 2 aliphatic heterocycles. The van der Waals surface area contributed by atoms with Crippen LogP contribution in [0.4, 0.5) is 17.1 Å². The molecule has 0 fully saturated rings. The van der Waals surface area contributed by atoms with E-state index in [1.807, 2.05) is 63.6 Å². The molecule has 1 aliphatic carbocycles. The average Bonchev–Trinajstić information content (AvgIpc) is 3.10. The van der Waals surface area contributed by atoms with Gasteiger partial charge in [0.15, 0.2) is 0 Å². The van der Waals surface area contributed by atoms with Crippen molar-refractivity contribution in [3.05, 3.63) is 117 Å². The molecule has 0 spiro atoms. The first-order chi connectivity index (χ1) is 24.2. The van der Waals surface area contributed by atoms with E-state index in [9.17, 15) is 20.6 Å². The highest BCUT2D eigenvalue weighted by Crippen LogP contribution is 2.57. The molecule has 242 valence electrons. The normalized spacial score (nSPS) is 17.5. The largest absolute Gasteiger partial charge is 0.507 e. The quantitative estimate of drug-likeness (QED) is 0.0876. The van der Waals surface area contributed by atoms with Crippen LogP contribution in [0.5, 0.6) is 11.5 Å². The number of rotatable bonds is 1. The van der Waals surface area contributed by atoms with Gasteiger partial charge in [0.2, 0.25) is 12.0 Å². The van der Waals surface area contributed by atoms with Crippen LogP contribution in [-0.2, 0) is 0 Å². The molecule has 0 bridgehead atoms. The van der Waals surface area contributed by atoms with Gasteiger partial charge in [-0.3, -0.25) is 0 Å². The van der Waals surface area contributed by atoms with Gasteiger partial charge in [-0.15, -0.1) is 0 Å². The third-order valence-electron chi connectivity index (χ3n) is 10.6. The molecule has 0 unspecified atom stereocenters. The molecule has 0 saturated heterocycles. The molecule has 0 amide bonds. The van der Waals surface area contributed by atoms with E-state index in [4.69, 9.17) is 6.57 Å². The minimum absolute atomic E-state index is 0.0404. The Morgan fingerprint density at radius 2 is 1.42 bits per heavy atom. The Hall–Kier alpha value is -6.71. The van der Waals surface area contributed by atoms with Crippen molar-refractivity contribution < 1.29 is 15.3 Å². The summed E-state index contributed by atoms with van der Waals surface area (Å²) in [7, 11) is 8.04. The Labute approximate surface area is 287 Å². The molecule has 50 heavy (non-hydrogen) atoms. The molecule has 9 heteroatoms. The average molecular weight is 656 g/mol. The van der Waals surface area contributed by atoms with Crippen molar-refractivity contribution in [3.8, 4) is 17.6 Å². The lowest BCUT2D eigenvalue weighted by atomic mass is 9.73. The molecule has 2 heterocycles. The SMILES string of the molecule is [C-]#[N+]/C(C#N)=C1C(c2c3c(O)cccc3c3c4c(ccc(O)c24)N(C)CN3C)=C(O)C/1=c1/c2ccccc2c2c3c(cccc13)N(C)C[N+]=2C. The zero-order valence-electron chi connectivity index (χ0n) is 27.9. The first-order valence-corrected chi connectivity index (χ1v) is 16.3. The van der Waals surface area contributed by atoms with E-state index in [0.717, 1.165) is 60.0 Å². The van der Waals surface area contributed by atoms with Crippen LogP contribution in [0.1, 0.15) is 5.56 Å². The van der Waals surface area contributed by atoms with E-state index >= 15 is 0 Å². The summed E-state index contributed by atoms with van der Waals surface area (Å²) in [5.74, 6) is -0.191. The number of allylic oxidation sites excluding steroid dienone is 3. The summed E-state index contributed by atoms with van der Waals surface area (Å²) >= 11 is 0. The molecular weight excluding hydrogens is 624 g/mol. The van der Waals surface area contributed by atoms with E-state index in [1.54, 1.807) is 18.2 Å². The number of phenolic OH excluding ortho intramolecular Hbond substituents is 2. The van der Waals surface area contributed by atoms with Gasteiger partial charge in [-0.1, -0.05) is 42.5 Å². The fraction of sp³-hybridized carbons (Fsp3) is 0.146. The van der Waals surface area contributed by atoms with Crippen LogP contribution in [0.15, 0.2) is 89.8 Å². The molecule has 9 nitrogen and oxygen atoms in total. The van der Waals surface area contributed by atoms with Gasteiger partial charge in [-0.2, -0.15) is 0 Å². The zero-order chi connectivity index (χ0) is 34.7. The van der Waals surface area contributed by atoms with Crippen LogP contribution in [0.25, 0.3) is 59.1 Å². The number of hydrogen-bond acceptors (Lipinski definition) is 7. The van der Waals surface area contributed by atoms with Crippen molar-refractivity contribution in [1.29, 1.82) is 5.26 Å². The highest BCUT2D eigenvalue weighted by atomic mass is 16.3. The summed E-state index contributed by atoms with van der Waals surface area (Å²) < 4.78 is 2.21. The van der Waals surface area contributed by atoms with E-state index in [-0.39, 0.29) is 34.1 Å². The molecule has 0 radical (unpaired) electrons. The maximum absolute atomic E-state index is 12.5. The molecule has 0 atom stereocenters. The summed E-state index contributed by atoms with van der Waals surface area (Å²) in [6.07, 6.45) is 0. The molecular formula is C41H31N6O3+. The third kappa shape index (κ3) is 3.56. The smallest absolute Gasteiger partial charge is 0.270 e. The fourth-order valence-corrected chi connectivity index (χ4v) is 8.68. The summed E-state index contributed by atoms with van der Waals surface area (Å²) in [6, 6.07) is 25.0. The van der Waals surface area contributed by atoms with Crippen molar-refractivity contribution in [1.82, 2.24) is 4.58 Å². The minimum atomic E-state index is -0.190. The second kappa shape index (κ2) is 10.1. The van der Waals surface area contributed by atoms with Gasteiger partial charge in [0.05, 0.1) is 41.5 Å². The maximum Gasteiger partial charge on any atom is 0.270 e. The molecule has 0 saturated carbocycles. The summed E-state index contributed by atoms with van der Waals surface area (Å²) in [5, 5.41) is 54.1. The highest BCUT2D eigenvalue weighted by Gasteiger charge is 2.40. The van der Waals surface area contributed by atoms with Gasteiger partial charge < -0.3 is 30.0 Å². The van der Waals surface area contributed by atoms with E-state index < -0.39 is 0 Å². The van der Waals surface area contributed by atoms with E-state index in [0.29, 0.717) is 35.2 Å². The predicted octanol–water partition coefficient (Wildman–Crippen LogP) is 5.91. The van der Waals surface area contributed by atoms with Crippen molar-refractivity contribution in [2.24, 2.45) is 0 Å². The Bertz CT molecular complexity index is 2880. The van der Waals surface area contributed by atoms with Gasteiger partial charge in [0.1, 0.15) is 24.3 Å². The van der Waals surface area contributed by atoms with Crippen molar-refractivity contribution >= 4 is 71.3 Å². The van der Waals surface area contributed by atoms with Crippen molar-refractivity contribution in [3.63, 3.8) is 0 Å². The second-order valence-corrected chi connectivity index (χ2v) is 13.4. The Morgan fingerprint density at radius 1 is 0.740 bits per heavy atom. The minimum Gasteiger partial charge on any atom is -0.507 e. The first kappa shape index (κ1) is 29.4. The van der Waals surface area contributed by atoms with E-state index in [1.165, 1.54) is 0 Å². The van der Waals surface area contributed by atoms with Crippen LogP contribution in [-0.4, -0.2) is 56.8 Å².